The van der Waals surface area contributed by atoms with Gasteiger partial charge in [-0.25, -0.2) is 0 Å². The van der Waals surface area contributed by atoms with Crippen molar-refractivity contribution in [2.45, 2.75) is 39.4 Å². The molecule has 0 radical (unpaired) electrons. The molecule has 0 spiro atoms. The van der Waals surface area contributed by atoms with Crippen molar-refractivity contribution < 1.29 is 29.0 Å². The summed E-state index contributed by atoms with van der Waals surface area (Å²) in [5.74, 6) is -3.70. The summed E-state index contributed by atoms with van der Waals surface area (Å²) in [7, 11) is 0. The first-order valence-corrected chi connectivity index (χ1v) is 6.43. The maximum Gasteiger partial charge on any atom is 0.309 e. The number of fused-ring (bicyclic) bond motifs is 1. The van der Waals surface area contributed by atoms with Crippen molar-refractivity contribution in [1.29, 1.82) is 0 Å². The highest BCUT2D eigenvalue weighted by molar-refractivity contribution is 5.79. The van der Waals surface area contributed by atoms with E-state index in [1.54, 1.807) is 13.8 Å². The summed E-state index contributed by atoms with van der Waals surface area (Å²) >= 11 is 0. The summed E-state index contributed by atoms with van der Waals surface area (Å²) in [4.78, 5) is 34.3. The number of carboxylic acids is 1. The maximum absolute atomic E-state index is 11.8. The molecule has 6 nitrogen and oxygen atoms in total. The number of ether oxygens (including phenoxy) is 2. The number of cyclic esters (lactones) is 1. The van der Waals surface area contributed by atoms with Gasteiger partial charge in [0.2, 0.25) is 0 Å². The van der Waals surface area contributed by atoms with E-state index >= 15 is 0 Å². The average molecular weight is 270 g/mol. The van der Waals surface area contributed by atoms with Crippen molar-refractivity contribution in [3.05, 3.63) is 0 Å². The Morgan fingerprint density at radius 1 is 1.37 bits per heavy atom. The highest BCUT2D eigenvalue weighted by atomic mass is 16.6. The molecule has 2 fully saturated rings. The van der Waals surface area contributed by atoms with E-state index in [1.165, 1.54) is 6.92 Å². The van der Waals surface area contributed by atoms with Crippen molar-refractivity contribution >= 4 is 17.9 Å². The van der Waals surface area contributed by atoms with Gasteiger partial charge in [0, 0.05) is 18.8 Å². The molecule has 1 aliphatic heterocycles. The molecule has 1 saturated heterocycles. The second-order valence-electron chi connectivity index (χ2n) is 5.43. The predicted molar refractivity (Wildman–Crippen MR) is 63.0 cm³/mol. The van der Waals surface area contributed by atoms with Gasteiger partial charge in [-0.15, -0.1) is 0 Å². The minimum Gasteiger partial charge on any atom is -0.481 e. The van der Waals surface area contributed by atoms with Gasteiger partial charge >= 0.3 is 17.9 Å². The second kappa shape index (κ2) is 4.83. The third-order valence-corrected chi connectivity index (χ3v) is 4.27. The summed E-state index contributed by atoms with van der Waals surface area (Å²) in [6, 6.07) is 0. The van der Waals surface area contributed by atoms with Gasteiger partial charge in [0.1, 0.15) is 12.2 Å². The number of rotatable bonds is 2. The smallest absolute Gasteiger partial charge is 0.309 e. The van der Waals surface area contributed by atoms with Crippen LogP contribution in [0, 0.1) is 23.7 Å². The Balaban J connectivity index is 2.30. The lowest BCUT2D eigenvalue weighted by atomic mass is 9.65. The van der Waals surface area contributed by atoms with Gasteiger partial charge in [-0.3, -0.25) is 14.4 Å². The van der Waals surface area contributed by atoms with Crippen molar-refractivity contribution in [2.75, 3.05) is 0 Å². The molecular formula is C13H18O6. The van der Waals surface area contributed by atoms with Crippen molar-refractivity contribution in [3.63, 3.8) is 0 Å². The third-order valence-electron chi connectivity index (χ3n) is 4.27. The van der Waals surface area contributed by atoms with Crippen molar-refractivity contribution in [3.8, 4) is 0 Å². The molecule has 2 rings (SSSR count). The van der Waals surface area contributed by atoms with Crippen LogP contribution in [0.15, 0.2) is 0 Å². The van der Waals surface area contributed by atoms with Crippen LogP contribution in [0.2, 0.25) is 0 Å². The zero-order chi connectivity index (χ0) is 14.3. The minimum atomic E-state index is -0.968. The highest BCUT2D eigenvalue weighted by Crippen LogP contribution is 2.47. The van der Waals surface area contributed by atoms with Gasteiger partial charge in [-0.05, 0) is 13.3 Å². The van der Waals surface area contributed by atoms with Gasteiger partial charge < -0.3 is 14.6 Å². The van der Waals surface area contributed by atoms with Crippen LogP contribution in [0.5, 0.6) is 0 Å². The number of hydrogen-bond acceptors (Lipinski definition) is 5. The maximum atomic E-state index is 11.8. The fourth-order valence-electron chi connectivity index (χ4n) is 3.43. The van der Waals surface area contributed by atoms with Gasteiger partial charge in [-0.2, -0.15) is 0 Å². The van der Waals surface area contributed by atoms with Gasteiger partial charge in [0.25, 0.3) is 0 Å². The Labute approximate surface area is 111 Å². The van der Waals surface area contributed by atoms with Crippen LogP contribution in [-0.2, 0) is 23.9 Å². The van der Waals surface area contributed by atoms with E-state index in [1.807, 2.05) is 0 Å². The van der Waals surface area contributed by atoms with Gasteiger partial charge in [0.05, 0.1) is 11.8 Å². The summed E-state index contributed by atoms with van der Waals surface area (Å²) in [6.07, 6.45) is -0.602. The summed E-state index contributed by atoms with van der Waals surface area (Å²) in [5, 5.41) is 9.40. The largest absolute Gasteiger partial charge is 0.481 e. The first-order chi connectivity index (χ1) is 8.82. The molecule has 2 aliphatic rings. The predicted octanol–water partition coefficient (Wildman–Crippen LogP) is 0.836. The normalized spacial score (nSPS) is 41.3. The molecule has 1 aliphatic carbocycles. The van der Waals surface area contributed by atoms with Crippen molar-refractivity contribution in [1.82, 2.24) is 0 Å². The van der Waals surface area contributed by atoms with Crippen molar-refractivity contribution in [2.24, 2.45) is 23.7 Å². The molecule has 1 saturated carbocycles. The lowest BCUT2D eigenvalue weighted by molar-refractivity contribution is -0.166. The van der Waals surface area contributed by atoms with E-state index in [2.05, 4.69) is 0 Å². The van der Waals surface area contributed by atoms with Crippen LogP contribution in [0.3, 0.4) is 0 Å². The van der Waals surface area contributed by atoms with E-state index in [-0.39, 0.29) is 17.8 Å². The quantitative estimate of drug-likeness (QED) is 0.748. The van der Waals surface area contributed by atoms with Crippen LogP contribution in [0.25, 0.3) is 0 Å². The number of carbonyl (C=O) groups excluding carboxylic acids is 2. The Hall–Kier alpha value is -1.59. The number of hydrogen-bond donors (Lipinski definition) is 1. The molecule has 106 valence electrons. The van der Waals surface area contributed by atoms with Crippen LogP contribution in [0.1, 0.15) is 27.2 Å². The SMILES string of the molecule is CC(=O)O[C@@H]1C[C@H]2C(=O)O[C@H](C)[C@H]2[C@@H](C(=O)O)[C@@H]1C. The molecule has 6 heteroatoms. The van der Waals surface area contributed by atoms with Crippen LogP contribution in [-0.4, -0.2) is 35.2 Å². The monoisotopic (exact) mass is 270 g/mol. The summed E-state index contributed by atoms with van der Waals surface area (Å²) in [6.45, 7) is 4.75. The molecule has 0 aromatic carbocycles. The molecule has 6 atom stereocenters. The van der Waals surface area contributed by atoms with Crippen LogP contribution in [0.4, 0.5) is 0 Å². The average Bonchev–Trinajstić information content (AvgIpc) is 2.54. The van der Waals surface area contributed by atoms with Crippen LogP contribution < -0.4 is 0 Å². The van der Waals surface area contributed by atoms with E-state index in [4.69, 9.17) is 9.47 Å². The lowest BCUT2D eigenvalue weighted by Gasteiger charge is -2.39. The van der Waals surface area contributed by atoms with E-state index < -0.39 is 36.0 Å². The van der Waals surface area contributed by atoms with Crippen LogP contribution >= 0.6 is 0 Å². The van der Waals surface area contributed by atoms with Gasteiger partial charge in [-0.1, -0.05) is 6.92 Å². The fourth-order valence-corrected chi connectivity index (χ4v) is 3.43. The van der Waals surface area contributed by atoms with E-state index in [0.29, 0.717) is 6.42 Å². The Bertz CT molecular complexity index is 417. The number of aliphatic carboxylic acids is 1. The summed E-state index contributed by atoms with van der Waals surface area (Å²) in [5.41, 5.74) is 0. The molecule has 19 heavy (non-hydrogen) atoms. The molecule has 1 heterocycles. The topological polar surface area (TPSA) is 89.9 Å². The minimum absolute atomic E-state index is 0.334. The molecule has 1 N–H and O–H groups in total. The Morgan fingerprint density at radius 3 is 2.53 bits per heavy atom. The zero-order valence-electron chi connectivity index (χ0n) is 11.2. The van der Waals surface area contributed by atoms with E-state index in [9.17, 15) is 19.5 Å². The molecular weight excluding hydrogens is 252 g/mol. The number of carbonyl (C=O) groups is 3. The molecule has 0 aromatic heterocycles. The molecule has 0 aromatic rings. The molecule has 0 bridgehead atoms. The Morgan fingerprint density at radius 2 is 2.00 bits per heavy atom. The van der Waals surface area contributed by atoms with Gasteiger partial charge in [0.15, 0.2) is 0 Å². The number of carboxylic acid groups (broad SMARTS) is 1. The Kier molecular flexibility index (Phi) is 3.52. The third kappa shape index (κ3) is 2.31. The first kappa shape index (κ1) is 13.8. The van der Waals surface area contributed by atoms with E-state index in [0.717, 1.165) is 0 Å². The first-order valence-electron chi connectivity index (χ1n) is 6.43. The lowest BCUT2D eigenvalue weighted by Crippen LogP contribution is -2.48. The highest BCUT2D eigenvalue weighted by Gasteiger charge is 2.56. The zero-order valence-corrected chi connectivity index (χ0v) is 11.2. The number of esters is 2. The fraction of sp³-hybridized carbons (Fsp3) is 0.769. The summed E-state index contributed by atoms with van der Waals surface area (Å²) < 4.78 is 10.3. The molecule has 0 unspecified atom stereocenters. The standard InChI is InChI=1S/C13H18O6/c1-5-9(19-7(3)14)4-8-11(10(5)12(15)16)6(2)18-13(8)17/h5-6,8-11H,4H2,1-3H3,(H,15,16)/t5-,6-,8-,9-,10+,11-/m1/s1. The second-order valence-corrected chi connectivity index (χ2v) is 5.43. The molecule has 0 amide bonds.